The number of rotatable bonds is 7. The molecule has 2 aliphatic heterocycles. The highest BCUT2D eigenvalue weighted by Gasteiger charge is 2.45. The zero-order chi connectivity index (χ0) is 25.4. The highest BCUT2D eigenvalue weighted by molar-refractivity contribution is 6.46. The summed E-state index contributed by atoms with van der Waals surface area (Å²) in [5, 5.41) is 11.4. The predicted molar refractivity (Wildman–Crippen MR) is 137 cm³/mol. The molecular weight excluding hydrogens is 456 g/mol. The average Bonchev–Trinajstić information content (AvgIpc) is 3.57. The number of hydrogen-bond donors (Lipinski definition) is 1. The van der Waals surface area contributed by atoms with Crippen molar-refractivity contribution >= 4 is 23.1 Å². The van der Waals surface area contributed by atoms with Gasteiger partial charge in [-0.05, 0) is 54.8 Å². The van der Waals surface area contributed by atoms with Gasteiger partial charge in [-0.3, -0.25) is 9.59 Å². The molecule has 0 aliphatic carbocycles. The van der Waals surface area contributed by atoms with E-state index in [1.807, 2.05) is 73.1 Å². The summed E-state index contributed by atoms with van der Waals surface area (Å²) < 4.78 is 7.72. The molecule has 3 heterocycles. The summed E-state index contributed by atoms with van der Waals surface area (Å²) in [7, 11) is 3.91. The molecule has 2 aliphatic rings. The van der Waals surface area contributed by atoms with Crippen LogP contribution in [-0.4, -0.2) is 58.0 Å². The molecule has 186 valence electrons. The van der Waals surface area contributed by atoms with Gasteiger partial charge in [0.25, 0.3) is 11.7 Å². The van der Waals surface area contributed by atoms with E-state index in [2.05, 4.69) is 4.98 Å². The zero-order valence-electron chi connectivity index (χ0n) is 20.7. The molecule has 0 saturated carbocycles. The number of amides is 1. The monoisotopic (exact) mass is 486 g/mol. The number of carbonyl (C=O) groups excluding carboxylic acids is 2. The Balaban J connectivity index is 1.53. The smallest absolute Gasteiger partial charge is 0.295 e. The minimum atomic E-state index is -0.674. The maximum Gasteiger partial charge on any atom is 0.295 e. The number of hydrogen-bond acceptors (Lipinski definition) is 6. The second-order valence-electron chi connectivity index (χ2n) is 9.59. The fourth-order valence-electron chi connectivity index (χ4n) is 4.98. The summed E-state index contributed by atoms with van der Waals surface area (Å²) in [6.45, 7) is 3.03. The summed E-state index contributed by atoms with van der Waals surface area (Å²) in [5.41, 5.74) is 3.39. The van der Waals surface area contributed by atoms with Crippen LogP contribution in [0.15, 0.2) is 66.8 Å². The molecule has 8 nitrogen and oxygen atoms in total. The molecule has 1 fully saturated rings. The summed E-state index contributed by atoms with van der Waals surface area (Å²) >= 11 is 0. The number of ketones is 1. The van der Waals surface area contributed by atoms with Gasteiger partial charge in [-0.15, -0.1) is 0 Å². The number of anilines is 1. The van der Waals surface area contributed by atoms with Crippen molar-refractivity contribution in [2.24, 2.45) is 0 Å². The van der Waals surface area contributed by atoms with E-state index in [9.17, 15) is 14.7 Å². The molecule has 36 heavy (non-hydrogen) atoms. The molecule has 1 amide bonds. The number of aliphatic hydroxyl groups is 1. The molecule has 5 rings (SSSR count). The van der Waals surface area contributed by atoms with Crippen molar-refractivity contribution in [3.05, 3.63) is 83.4 Å². The zero-order valence-corrected chi connectivity index (χ0v) is 20.7. The van der Waals surface area contributed by atoms with Gasteiger partial charge in [0.1, 0.15) is 17.6 Å². The summed E-state index contributed by atoms with van der Waals surface area (Å²) in [6, 6.07) is 12.5. The van der Waals surface area contributed by atoms with Gasteiger partial charge in [0.2, 0.25) is 0 Å². The Morgan fingerprint density at radius 1 is 1.14 bits per heavy atom. The Bertz CT molecular complexity index is 1310. The van der Waals surface area contributed by atoms with Gasteiger partial charge >= 0.3 is 0 Å². The second kappa shape index (κ2) is 9.53. The molecule has 0 radical (unpaired) electrons. The number of Topliss-reactive ketones (excluding diaryl/α,β-unsaturated/α-hetero) is 1. The Morgan fingerprint density at radius 3 is 2.61 bits per heavy atom. The van der Waals surface area contributed by atoms with Crippen molar-refractivity contribution in [1.82, 2.24) is 14.5 Å². The van der Waals surface area contributed by atoms with Crippen LogP contribution in [0.1, 0.15) is 36.1 Å². The van der Waals surface area contributed by atoms with Gasteiger partial charge in [0.15, 0.2) is 0 Å². The maximum atomic E-state index is 13.3. The van der Waals surface area contributed by atoms with Gasteiger partial charge in [-0.25, -0.2) is 4.98 Å². The third-order valence-electron chi connectivity index (χ3n) is 6.81. The minimum absolute atomic E-state index is 0.0636. The number of imidazole rings is 1. The Morgan fingerprint density at radius 2 is 1.92 bits per heavy atom. The number of fused-ring (bicyclic) bond motifs is 1. The molecule has 0 spiro atoms. The van der Waals surface area contributed by atoms with Crippen LogP contribution in [0, 0.1) is 0 Å². The van der Waals surface area contributed by atoms with Gasteiger partial charge in [-0.2, -0.15) is 0 Å². The first-order valence-corrected chi connectivity index (χ1v) is 12.1. The first-order chi connectivity index (χ1) is 17.3. The molecule has 1 N–H and O–H groups in total. The highest BCUT2D eigenvalue weighted by atomic mass is 16.5. The van der Waals surface area contributed by atoms with Crippen LogP contribution in [-0.2, 0) is 22.6 Å². The van der Waals surface area contributed by atoms with E-state index in [-0.39, 0.29) is 17.4 Å². The molecule has 0 bridgehead atoms. The largest absolute Gasteiger partial charge is 0.507 e. The first kappa shape index (κ1) is 23.7. The normalized spacial score (nSPS) is 20.5. The van der Waals surface area contributed by atoms with Crippen molar-refractivity contribution < 1.29 is 19.4 Å². The lowest BCUT2D eigenvalue weighted by atomic mass is 9.94. The fourth-order valence-corrected chi connectivity index (χ4v) is 4.98. The molecule has 1 aromatic heterocycles. The standard InChI is InChI=1S/C28H30N4O4/c1-18-15-21-16-20(7-10-23(21)36-18)26(33)24-25(19-5-8-22(9-6-19)30(2)3)32(28(35)27(24)34)13-4-12-31-14-11-29-17-31/h5-11,14,16-18,25,33H,4,12-13,15H2,1-3H3/t18-,25-/m1/s1. The van der Waals surface area contributed by atoms with Gasteiger partial charge in [0, 0.05) is 57.3 Å². The van der Waals surface area contributed by atoms with E-state index in [1.165, 1.54) is 0 Å². The van der Waals surface area contributed by atoms with E-state index in [4.69, 9.17) is 4.74 Å². The molecule has 8 heteroatoms. The van der Waals surface area contributed by atoms with Crippen LogP contribution in [0.4, 0.5) is 5.69 Å². The van der Waals surface area contributed by atoms with Crippen molar-refractivity contribution in [2.45, 2.75) is 38.5 Å². The van der Waals surface area contributed by atoms with Crippen LogP contribution in [0.5, 0.6) is 5.75 Å². The Labute approximate surface area is 210 Å². The van der Waals surface area contributed by atoms with Crippen molar-refractivity contribution in [3.63, 3.8) is 0 Å². The van der Waals surface area contributed by atoms with Crippen molar-refractivity contribution in [2.75, 3.05) is 25.5 Å². The minimum Gasteiger partial charge on any atom is -0.507 e. The SMILES string of the molecule is C[C@@H]1Cc2cc(C(O)=C3C(=O)C(=O)N(CCCn4ccnc4)[C@@H]3c3ccc(N(C)C)cc3)ccc2O1. The Hall–Kier alpha value is -4.07. The fraction of sp³-hybridized carbons (Fsp3) is 0.321. The number of aryl methyl sites for hydroxylation is 1. The van der Waals surface area contributed by atoms with Gasteiger partial charge < -0.3 is 24.2 Å². The van der Waals surface area contributed by atoms with Crippen molar-refractivity contribution in [1.29, 1.82) is 0 Å². The van der Waals surface area contributed by atoms with E-state index in [1.54, 1.807) is 23.5 Å². The molecule has 3 aromatic rings. The second-order valence-corrected chi connectivity index (χ2v) is 9.59. The van der Waals surface area contributed by atoms with Crippen molar-refractivity contribution in [3.8, 4) is 5.75 Å². The molecule has 2 atom stereocenters. The number of aromatic nitrogens is 2. The quantitative estimate of drug-likeness (QED) is 0.311. The predicted octanol–water partition coefficient (Wildman–Crippen LogP) is 3.78. The van der Waals surface area contributed by atoms with Crippen LogP contribution >= 0.6 is 0 Å². The lowest BCUT2D eigenvalue weighted by Crippen LogP contribution is -2.31. The first-order valence-electron chi connectivity index (χ1n) is 12.1. The molecule has 0 unspecified atom stereocenters. The molecule has 2 aromatic carbocycles. The summed E-state index contributed by atoms with van der Waals surface area (Å²) in [5.74, 6) is -0.631. The van der Waals surface area contributed by atoms with Gasteiger partial charge in [-0.1, -0.05) is 12.1 Å². The topological polar surface area (TPSA) is 87.9 Å². The maximum absolute atomic E-state index is 13.3. The number of aliphatic hydroxyl groups excluding tert-OH is 1. The number of benzene rings is 2. The highest BCUT2D eigenvalue weighted by Crippen LogP contribution is 2.41. The van der Waals surface area contributed by atoms with E-state index in [0.29, 0.717) is 25.1 Å². The third kappa shape index (κ3) is 4.34. The van der Waals surface area contributed by atoms with E-state index < -0.39 is 17.7 Å². The molecule has 1 saturated heterocycles. The summed E-state index contributed by atoms with van der Waals surface area (Å²) in [6.07, 6.45) is 6.74. The third-order valence-corrected chi connectivity index (χ3v) is 6.81. The number of carbonyl (C=O) groups is 2. The van der Waals surface area contributed by atoms with E-state index >= 15 is 0 Å². The number of nitrogens with zero attached hydrogens (tertiary/aromatic N) is 4. The molecular formula is C28H30N4O4. The van der Waals surface area contributed by atoms with E-state index in [0.717, 1.165) is 29.0 Å². The number of ether oxygens (including phenoxy) is 1. The lowest BCUT2D eigenvalue weighted by molar-refractivity contribution is -0.139. The Kier molecular flexibility index (Phi) is 6.26. The average molecular weight is 487 g/mol. The van der Waals surface area contributed by atoms with Crippen LogP contribution in [0.25, 0.3) is 5.76 Å². The van der Waals surface area contributed by atoms with Crippen LogP contribution in [0.2, 0.25) is 0 Å². The summed E-state index contributed by atoms with van der Waals surface area (Å²) in [4.78, 5) is 34.1. The van der Waals surface area contributed by atoms with Gasteiger partial charge in [0.05, 0.1) is 17.9 Å². The number of likely N-dealkylation sites (tertiary alicyclic amines) is 1. The lowest BCUT2D eigenvalue weighted by Gasteiger charge is -2.26. The van der Waals surface area contributed by atoms with Crippen LogP contribution < -0.4 is 9.64 Å². The van der Waals surface area contributed by atoms with Crippen LogP contribution in [0.3, 0.4) is 0 Å².